The third-order valence-corrected chi connectivity index (χ3v) is 5.95. The van der Waals surface area contributed by atoms with Crippen LogP contribution in [0.2, 0.25) is 0 Å². The van der Waals surface area contributed by atoms with Crippen molar-refractivity contribution in [2.75, 3.05) is 20.2 Å². The number of nitrogens with zero attached hydrogens (tertiary/aromatic N) is 3. The number of likely N-dealkylation sites (tertiary alicyclic amines) is 1. The van der Waals surface area contributed by atoms with Crippen LogP contribution in [0.4, 0.5) is 0 Å². The molecule has 1 amide bonds. The molecule has 1 aliphatic carbocycles. The predicted molar refractivity (Wildman–Crippen MR) is 104 cm³/mol. The summed E-state index contributed by atoms with van der Waals surface area (Å²) in [7, 11) is 3.15. The lowest BCUT2D eigenvalue weighted by atomic mass is 9.78. The quantitative estimate of drug-likeness (QED) is 0.783. The first-order valence-corrected chi connectivity index (χ1v) is 9.76. The van der Waals surface area contributed by atoms with Crippen molar-refractivity contribution in [2.45, 2.75) is 25.0 Å². The number of methoxy groups -OCH3 is 1. The predicted octanol–water partition coefficient (Wildman–Crippen LogP) is 1.50. The fourth-order valence-corrected chi connectivity index (χ4v) is 4.36. The summed E-state index contributed by atoms with van der Waals surface area (Å²) in [4.78, 5) is 30.3. The Hall–Kier alpha value is -2.87. The summed E-state index contributed by atoms with van der Waals surface area (Å²) < 4.78 is 12.4. The van der Waals surface area contributed by atoms with Crippen LogP contribution < -0.4 is 4.74 Å². The number of aliphatic hydroxyl groups is 1. The average molecular weight is 399 g/mol. The molecule has 2 aromatic rings. The van der Waals surface area contributed by atoms with Crippen molar-refractivity contribution in [1.82, 2.24) is 14.5 Å². The van der Waals surface area contributed by atoms with Crippen LogP contribution in [0.3, 0.4) is 0 Å². The third-order valence-electron chi connectivity index (χ3n) is 5.95. The summed E-state index contributed by atoms with van der Waals surface area (Å²) in [5.74, 6) is 1.09. The minimum Gasteiger partial charge on any atom is -0.488 e. The zero-order valence-electron chi connectivity index (χ0n) is 16.5. The van der Waals surface area contributed by atoms with Gasteiger partial charge in [0, 0.05) is 32.5 Å². The van der Waals surface area contributed by atoms with Gasteiger partial charge in [0.15, 0.2) is 5.82 Å². The number of rotatable bonds is 4. The molecule has 2 fully saturated rings. The average Bonchev–Trinajstić information content (AvgIpc) is 3.33. The molecule has 1 saturated heterocycles. The number of amides is 1. The van der Waals surface area contributed by atoms with Gasteiger partial charge in [-0.05, 0) is 48.9 Å². The Bertz CT molecular complexity index is 894. The molecule has 0 bridgehead atoms. The summed E-state index contributed by atoms with van der Waals surface area (Å²) >= 11 is 0. The maximum absolute atomic E-state index is 12.7. The van der Waals surface area contributed by atoms with Crippen LogP contribution in [0.5, 0.6) is 5.75 Å². The highest BCUT2D eigenvalue weighted by atomic mass is 16.5. The molecule has 1 aromatic carbocycles. The maximum atomic E-state index is 12.7. The number of carbonyl (C=O) groups excluding carboxylic acids is 2. The minimum absolute atomic E-state index is 0.0720. The second-order valence-corrected chi connectivity index (χ2v) is 7.80. The van der Waals surface area contributed by atoms with Gasteiger partial charge in [0.2, 0.25) is 0 Å². The molecule has 1 saturated carbocycles. The molecule has 29 heavy (non-hydrogen) atoms. The van der Waals surface area contributed by atoms with E-state index >= 15 is 0 Å². The zero-order chi connectivity index (χ0) is 20.5. The lowest BCUT2D eigenvalue weighted by molar-refractivity contribution is -0.0231. The number of hydrogen-bond donors (Lipinski definition) is 1. The van der Waals surface area contributed by atoms with Crippen molar-refractivity contribution in [2.24, 2.45) is 18.9 Å². The Morgan fingerprint density at radius 2 is 1.83 bits per heavy atom. The molecule has 1 aromatic heterocycles. The van der Waals surface area contributed by atoms with Crippen LogP contribution in [-0.4, -0.2) is 63.8 Å². The smallest absolute Gasteiger partial charge is 0.337 e. The van der Waals surface area contributed by atoms with Crippen molar-refractivity contribution < 1.29 is 24.2 Å². The molecule has 8 nitrogen and oxygen atoms in total. The molecule has 0 unspecified atom stereocenters. The summed E-state index contributed by atoms with van der Waals surface area (Å²) in [6, 6.07) is 6.69. The summed E-state index contributed by atoms with van der Waals surface area (Å²) in [6.45, 7) is 1.28. The number of fused-ring (bicyclic) bond motifs is 1. The number of aryl methyl sites for hydroxylation is 1. The largest absolute Gasteiger partial charge is 0.488 e. The number of aromatic nitrogens is 2. The van der Waals surface area contributed by atoms with Crippen molar-refractivity contribution in [3.05, 3.63) is 48.0 Å². The van der Waals surface area contributed by atoms with Gasteiger partial charge in [-0.3, -0.25) is 4.79 Å². The first kappa shape index (κ1) is 19.4. The highest BCUT2D eigenvalue weighted by Crippen LogP contribution is 2.38. The second-order valence-electron chi connectivity index (χ2n) is 7.80. The van der Waals surface area contributed by atoms with E-state index in [2.05, 4.69) is 4.98 Å². The first-order chi connectivity index (χ1) is 14.0. The van der Waals surface area contributed by atoms with Gasteiger partial charge in [-0.15, -0.1) is 0 Å². The standard InChI is InChI=1S/C21H25N3O5/c1-23-8-7-22-19(23)20(26)24-11-14-9-17(25)18(10-15(14)12-24)29-16-5-3-13(4-6-16)21(27)28-2/h3-8,14-15,17-18,25H,9-12H2,1-2H3/t14-,15+,17+,18+/m0/s1. The molecule has 8 heteroatoms. The molecule has 0 radical (unpaired) electrons. The summed E-state index contributed by atoms with van der Waals surface area (Å²) in [6.07, 6.45) is 3.71. The Kier molecular flexibility index (Phi) is 5.27. The first-order valence-electron chi connectivity index (χ1n) is 9.76. The summed E-state index contributed by atoms with van der Waals surface area (Å²) in [5.41, 5.74) is 0.448. The van der Waals surface area contributed by atoms with E-state index < -0.39 is 12.1 Å². The molecule has 0 spiro atoms. The Morgan fingerprint density at radius 1 is 1.14 bits per heavy atom. The van der Waals surface area contributed by atoms with E-state index in [1.165, 1.54) is 7.11 Å². The van der Waals surface area contributed by atoms with E-state index in [0.717, 1.165) is 0 Å². The monoisotopic (exact) mass is 399 g/mol. The van der Waals surface area contributed by atoms with E-state index in [1.807, 2.05) is 11.9 Å². The molecular formula is C21H25N3O5. The van der Waals surface area contributed by atoms with Crippen LogP contribution in [0.25, 0.3) is 0 Å². The van der Waals surface area contributed by atoms with Gasteiger partial charge in [0.05, 0.1) is 18.8 Å². The van der Waals surface area contributed by atoms with Gasteiger partial charge >= 0.3 is 5.97 Å². The number of carbonyl (C=O) groups is 2. The molecule has 4 rings (SSSR count). The van der Waals surface area contributed by atoms with Crippen molar-refractivity contribution >= 4 is 11.9 Å². The highest BCUT2D eigenvalue weighted by Gasteiger charge is 2.44. The van der Waals surface area contributed by atoms with E-state index in [9.17, 15) is 14.7 Å². The van der Waals surface area contributed by atoms with Crippen LogP contribution in [0.15, 0.2) is 36.7 Å². The SMILES string of the molecule is COC(=O)c1ccc(O[C@@H]2C[C@@H]3CN(C(=O)c4nccn4C)C[C@@H]3C[C@H]2O)cc1. The second kappa shape index (κ2) is 7.87. The van der Waals surface area contributed by atoms with Crippen molar-refractivity contribution in [1.29, 1.82) is 0 Å². The van der Waals surface area contributed by atoms with Crippen LogP contribution >= 0.6 is 0 Å². The molecule has 1 aliphatic heterocycles. The Morgan fingerprint density at radius 3 is 2.45 bits per heavy atom. The molecular weight excluding hydrogens is 374 g/mol. The number of esters is 1. The fourth-order valence-electron chi connectivity index (χ4n) is 4.36. The Balaban J connectivity index is 1.40. The molecule has 154 valence electrons. The van der Waals surface area contributed by atoms with Gasteiger partial charge in [-0.25, -0.2) is 9.78 Å². The van der Waals surface area contributed by atoms with E-state index in [-0.39, 0.29) is 23.8 Å². The van der Waals surface area contributed by atoms with E-state index in [4.69, 9.17) is 9.47 Å². The van der Waals surface area contributed by atoms with Crippen molar-refractivity contribution in [3.63, 3.8) is 0 Å². The van der Waals surface area contributed by atoms with E-state index in [0.29, 0.717) is 43.1 Å². The van der Waals surface area contributed by atoms with E-state index in [1.54, 1.807) is 41.2 Å². The van der Waals surface area contributed by atoms with Gasteiger partial charge in [0.25, 0.3) is 5.91 Å². The molecule has 1 N–H and O–H groups in total. The Labute approximate surface area is 169 Å². The maximum Gasteiger partial charge on any atom is 0.337 e. The van der Waals surface area contributed by atoms with Crippen LogP contribution in [0.1, 0.15) is 33.8 Å². The lowest BCUT2D eigenvalue weighted by Gasteiger charge is -2.35. The minimum atomic E-state index is -0.597. The lowest BCUT2D eigenvalue weighted by Crippen LogP contribution is -2.42. The molecule has 2 aliphatic rings. The fraction of sp³-hybridized carbons (Fsp3) is 0.476. The van der Waals surface area contributed by atoms with Gasteiger partial charge in [0.1, 0.15) is 11.9 Å². The van der Waals surface area contributed by atoms with Gasteiger partial charge < -0.3 is 24.0 Å². The zero-order valence-corrected chi connectivity index (χ0v) is 16.5. The number of imidazole rings is 1. The van der Waals surface area contributed by atoms with Crippen molar-refractivity contribution in [3.8, 4) is 5.75 Å². The van der Waals surface area contributed by atoms with Crippen LogP contribution in [-0.2, 0) is 11.8 Å². The van der Waals surface area contributed by atoms with Gasteiger partial charge in [-0.1, -0.05) is 0 Å². The normalized spacial score (nSPS) is 26.1. The number of benzene rings is 1. The van der Waals surface area contributed by atoms with Gasteiger partial charge in [-0.2, -0.15) is 0 Å². The summed E-state index contributed by atoms with van der Waals surface area (Å²) in [5, 5.41) is 10.6. The highest BCUT2D eigenvalue weighted by molar-refractivity contribution is 5.91. The molecule has 2 heterocycles. The topological polar surface area (TPSA) is 93.9 Å². The van der Waals surface area contributed by atoms with Crippen LogP contribution in [0, 0.1) is 11.8 Å². The third kappa shape index (κ3) is 3.85. The number of hydrogen-bond acceptors (Lipinski definition) is 6. The number of ether oxygens (including phenoxy) is 2. The number of aliphatic hydroxyl groups excluding tert-OH is 1. The molecule has 4 atom stereocenters.